The standard InChI is InChI=1S/C14H13BrClNO/c1-18-14-11(7-10(16)8-12(14)15)13(17)9-5-3-2-4-6-9/h2-8,13H,17H2,1H3. The Bertz CT molecular complexity index is 545. The van der Waals surface area contributed by atoms with Crippen molar-refractivity contribution in [3.63, 3.8) is 0 Å². The minimum atomic E-state index is -0.267. The lowest BCUT2D eigenvalue weighted by molar-refractivity contribution is 0.405. The predicted molar refractivity (Wildman–Crippen MR) is 78.2 cm³/mol. The molecule has 0 aliphatic rings. The summed E-state index contributed by atoms with van der Waals surface area (Å²) in [6, 6.07) is 13.2. The summed E-state index contributed by atoms with van der Waals surface area (Å²) in [5, 5.41) is 0.629. The maximum atomic E-state index is 6.27. The highest BCUT2D eigenvalue weighted by atomic mass is 79.9. The molecule has 18 heavy (non-hydrogen) atoms. The van der Waals surface area contributed by atoms with Crippen molar-refractivity contribution in [2.45, 2.75) is 6.04 Å². The molecule has 1 atom stereocenters. The Morgan fingerprint density at radius 2 is 1.89 bits per heavy atom. The average molecular weight is 327 g/mol. The molecule has 0 saturated carbocycles. The van der Waals surface area contributed by atoms with Crippen LogP contribution in [0, 0.1) is 0 Å². The fourth-order valence-electron chi connectivity index (χ4n) is 1.87. The van der Waals surface area contributed by atoms with Crippen LogP contribution in [0.3, 0.4) is 0 Å². The van der Waals surface area contributed by atoms with E-state index < -0.39 is 0 Å². The Morgan fingerprint density at radius 1 is 1.22 bits per heavy atom. The molecule has 1 unspecified atom stereocenters. The molecular weight excluding hydrogens is 314 g/mol. The van der Waals surface area contributed by atoms with Gasteiger partial charge in [-0.05, 0) is 33.6 Å². The molecule has 2 nitrogen and oxygen atoms in total. The third kappa shape index (κ3) is 2.69. The second-order valence-electron chi connectivity index (χ2n) is 3.90. The smallest absolute Gasteiger partial charge is 0.138 e. The Kier molecular flexibility index (Phi) is 4.27. The lowest BCUT2D eigenvalue weighted by Crippen LogP contribution is -2.13. The van der Waals surface area contributed by atoms with Crippen LogP contribution in [0.4, 0.5) is 0 Å². The van der Waals surface area contributed by atoms with Gasteiger partial charge in [-0.1, -0.05) is 41.9 Å². The van der Waals surface area contributed by atoms with Gasteiger partial charge in [0.05, 0.1) is 17.6 Å². The summed E-state index contributed by atoms with van der Waals surface area (Å²) in [4.78, 5) is 0. The monoisotopic (exact) mass is 325 g/mol. The zero-order valence-corrected chi connectivity index (χ0v) is 12.2. The normalized spacial score (nSPS) is 12.2. The molecular formula is C14H13BrClNO. The number of hydrogen-bond donors (Lipinski definition) is 1. The molecule has 0 spiro atoms. The number of halogens is 2. The van der Waals surface area contributed by atoms with E-state index in [1.807, 2.05) is 36.4 Å². The molecule has 4 heteroatoms. The topological polar surface area (TPSA) is 35.2 Å². The van der Waals surface area contributed by atoms with Gasteiger partial charge in [0.2, 0.25) is 0 Å². The molecule has 2 aromatic carbocycles. The van der Waals surface area contributed by atoms with Crippen molar-refractivity contribution >= 4 is 27.5 Å². The highest BCUT2D eigenvalue weighted by Gasteiger charge is 2.17. The van der Waals surface area contributed by atoms with Crippen molar-refractivity contribution in [3.8, 4) is 5.75 Å². The number of methoxy groups -OCH3 is 1. The molecule has 2 aromatic rings. The molecule has 0 heterocycles. The van der Waals surface area contributed by atoms with Crippen LogP contribution in [0.5, 0.6) is 5.75 Å². The first kappa shape index (κ1) is 13.4. The van der Waals surface area contributed by atoms with E-state index in [0.717, 1.165) is 21.3 Å². The van der Waals surface area contributed by atoms with E-state index in [1.54, 1.807) is 13.2 Å². The highest BCUT2D eigenvalue weighted by Crippen LogP contribution is 2.37. The molecule has 0 fully saturated rings. The van der Waals surface area contributed by atoms with Gasteiger partial charge in [0.25, 0.3) is 0 Å². The van der Waals surface area contributed by atoms with Crippen LogP contribution in [0.15, 0.2) is 46.9 Å². The minimum absolute atomic E-state index is 0.267. The molecule has 0 bridgehead atoms. The Labute approximate surface area is 120 Å². The lowest BCUT2D eigenvalue weighted by atomic mass is 9.99. The van der Waals surface area contributed by atoms with E-state index in [0.29, 0.717) is 5.02 Å². The summed E-state index contributed by atoms with van der Waals surface area (Å²) in [6.45, 7) is 0. The Hall–Kier alpha value is -1.03. The van der Waals surface area contributed by atoms with E-state index in [2.05, 4.69) is 15.9 Å². The van der Waals surface area contributed by atoms with Crippen LogP contribution in [0.25, 0.3) is 0 Å². The zero-order valence-electron chi connectivity index (χ0n) is 9.86. The summed E-state index contributed by atoms with van der Waals surface area (Å²) in [6.07, 6.45) is 0. The zero-order chi connectivity index (χ0) is 13.1. The quantitative estimate of drug-likeness (QED) is 0.919. The molecule has 0 aliphatic carbocycles. The third-order valence-electron chi connectivity index (χ3n) is 2.73. The summed E-state index contributed by atoms with van der Waals surface area (Å²) in [7, 11) is 1.62. The van der Waals surface area contributed by atoms with Crippen molar-refractivity contribution in [1.29, 1.82) is 0 Å². The molecule has 0 amide bonds. The SMILES string of the molecule is COc1c(Br)cc(Cl)cc1C(N)c1ccccc1. The van der Waals surface area contributed by atoms with Gasteiger partial charge in [-0.15, -0.1) is 0 Å². The number of rotatable bonds is 3. The van der Waals surface area contributed by atoms with Crippen molar-refractivity contribution in [2.24, 2.45) is 5.73 Å². The van der Waals surface area contributed by atoms with Crippen molar-refractivity contribution < 1.29 is 4.74 Å². The number of benzene rings is 2. The van der Waals surface area contributed by atoms with Gasteiger partial charge >= 0.3 is 0 Å². The first-order valence-corrected chi connectivity index (χ1v) is 6.64. The lowest BCUT2D eigenvalue weighted by Gasteiger charge is -2.17. The molecule has 0 radical (unpaired) electrons. The van der Waals surface area contributed by atoms with Crippen LogP contribution in [-0.4, -0.2) is 7.11 Å². The second kappa shape index (κ2) is 5.74. The van der Waals surface area contributed by atoms with E-state index in [4.69, 9.17) is 22.1 Å². The van der Waals surface area contributed by atoms with Crippen LogP contribution >= 0.6 is 27.5 Å². The van der Waals surface area contributed by atoms with E-state index in [1.165, 1.54) is 0 Å². The van der Waals surface area contributed by atoms with Gasteiger partial charge < -0.3 is 10.5 Å². The van der Waals surface area contributed by atoms with Gasteiger partial charge in [0, 0.05) is 10.6 Å². The fourth-order valence-corrected chi connectivity index (χ4v) is 2.86. The fraction of sp³-hybridized carbons (Fsp3) is 0.143. The number of hydrogen-bond acceptors (Lipinski definition) is 2. The predicted octanol–water partition coefficient (Wildman–Crippen LogP) is 4.16. The molecule has 0 saturated heterocycles. The number of ether oxygens (including phenoxy) is 1. The maximum Gasteiger partial charge on any atom is 0.138 e. The van der Waals surface area contributed by atoms with Crippen LogP contribution in [0.1, 0.15) is 17.2 Å². The summed E-state index contributed by atoms with van der Waals surface area (Å²) in [5.41, 5.74) is 8.15. The van der Waals surface area contributed by atoms with Gasteiger partial charge in [0.15, 0.2) is 0 Å². The maximum absolute atomic E-state index is 6.27. The summed E-state index contributed by atoms with van der Waals surface area (Å²) in [5.74, 6) is 0.718. The van der Waals surface area contributed by atoms with E-state index in [9.17, 15) is 0 Å². The van der Waals surface area contributed by atoms with Crippen molar-refractivity contribution in [3.05, 3.63) is 63.1 Å². The Balaban J connectivity index is 2.50. The average Bonchev–Trinajstić information content (AvgIpc) is 2.38. The molecule has 0 aromatic heterocycles. The molecule has 2 rings (SSSR count). The van der Waals surface area contributed by atoms with Gasteiger partial charge in [-0.3, -0.25) is 0 Å². The molecule has 94 valence electrons. The second-order valence-corrected chi connectivity index (χ2v) is 5.19. The summed E-state index contributed by atoms with van der Waals surface area (Å²) >= 11 is 9.50. The van der Waals surface area contributed by atoms with Crippen molar-refractivity contribution in [1.82, 2.24) is 0 Å². The first-order chi connectivity index (χ1) is 8.63. The van der Waals surface area contributed by atoms with Gasteiger partial charge in [0.1, 0.15) is 5.75 Å². The van der Waals surface area contributed by atoms with E-state index in [-0.39, 0.29) is 6.04 Å². The van der Waals surface area contributed by atoms with Crippen LogP contribution < -0.4 is 10.5 Å². The number of nitrogens with two attached hydrogens (primary N) is 1. The van der Waals surface area contributed by atoms with Gasteiger partial charge in [-0.25, -0.2) is 0 Å². The Morgan fingerprint density at radius 3 is 2.50 bits per heavy atom. The van der Waals surface area contributed by atoms with Crippen LogP contribution in [-0.2, 0) is 0 Å². The third-order valence-corrected chi connectivity index (χ3v) is 3.54. The molecule has 0 aliphatic heterocycles. The van der Waals surface area contributed by atoms with Crippen LogP contribution in [0.2, 0.25) is 5.02 Å². The van der Waals surface area contributed by atoms with E-state index >= 15 is 0 Å². The van der Waals surface area contributed by atoms with Gasteiger partial charge in [-0.2, -0.15) is 0 Å². The first-order valence-electron chi connectivity index (χ1n) is 5.47. The largest absolute Gasteiger partial charge is 0.495 e. The highest BCUT2D eigenvalue weighted by molar-refractivity contribution is 9.10. The summed E-state index contributed by atoms with van der Waals surface area (Å²) < 4.78 is 6.19. The van der Waals surface area contributed by atoms with Crippen molar-refractivity contribution in [2.75, 3.05) is 7.11 Å². The minimum Gasteiger partial charge on any atom is -0.495 e. The molecule has 2 N–H and O–H groups in total.